The zero-order chi connectivity index (χ0) is 22.2. The number of carbonyl (C=O) groups is 2. The number of likely N-dealkylation sites (tertiary alicyclic amines) is 1. The van der Waals surface area contributed by atoms with Crippen LogP contribution in [0.15, 0.2) is 40.8 Å². The number of amides is 2. The second kappa shape index (κ2) is 8.11. The highest BCUT2D eigenvalue weighted by Crippen LogP contribution is 2.35. The number of carbonyl (C=O) groups excluding carboxylic acids is 2. The van der Waals surface area contributed by atoms with Crippen LogP contribution in [0.1, 0.15) is 29.0 Å². The summed E-state index contributed by atoms with van der Waals surface area (Å²) >= 11 is 0. The smallest absolute Gasteiger partial charge is 0.289 e. The molecule has 8 heteroatoms. The van der Waals surface area contributed by atoms with Gasteiger partial charge in [0.05, 0.1) is 7.11 Å². The molecule has 2 aliphatic rings. The van der Waals surface area contributed by atoms with E-state index in [9.17, 15) is 9.59 Å². The van der Waals surface area contributed by atoms with E-state index in [1.54, 1.807) is 30.2 Å². The highest BCUT2D eigenvalue weighted by atomic mass is 16.7. The van der Waals surface area contributed by atoms with Crippen LogP contribution in [0.4, 0.5) is 5.69 Å². The maximum absolute atomic E-state index is 13.1. The van der Waals surface area contributed by atoms with E-state index in [-0.39, 0.29) is 24.5 Å². The Kier molecular flexibility index (Phi) is 5.13. The number of methoxy groups -OCH3 is 1. The molecule has 2 amide bonds. The first-order valence-electron chi connectivity index (χ1n) is 10.6. The summed E-state index contributed by atoms with van der Waals surface area (Å²) in [6, 6.07) is 10.8. The van der Waals surface area contributed by atoms with Crippen LogP contribution >= 0.6 is 0 Å². The Morgan fingerprint density at radius 3 is 2.62 bits per heavy atom. The second-order valence-corrected chi connectivity index (χ2v) is 8.04. The Bertz CT molecular complexity index is 1190. The van der Waals surface area contributed by atoms with Gasteiger partial charge in [0.25, 0.3) is 5.91 Å². The van der Waals surface area contributed by atoms with Crippen LogP contribution in [-0.4, -0.2) is 43.7 Å². The molecule has 1 N–H and O–H groups in total. The molecule has 5 rings (SSSR count). The summed E-state index contributed by atoms with van der Waals surface area (Å²) < 4.78 is 21.8. The van der Waals surface area contributed by atoms with Gasteiger partial charge >= 0.3 is 0 Å². The van der Waals surface area contributed by atoms with Crippen molar-refractivity contribution in [2.75, 3.05) is 32.3 Å². The van der Waals surface area contributed by atoms with Crippen LogP contribution in [-0.2, 0) is 4.79 Å². The lowest BCUT2D eigenvalue weighted by molar-refractivity contribution is -0.121. The normalized spacial score (nSPS) is 15.8. The van der Waals surface area contributed by atoms with Gasteiger partial charge in [0.15, 0.2) is 17.3 Å². The number of nitrogens with one attached hydrogen (secondary N) is 1. The number of hydrogen-bond donors (Lipinski definition) is 1. The molecule has 32 heavy (non-hydrogen) atoms. The number of nitrogens with zero attached hydrogens (tertiary/aromatic N) is 1. The summed E-state index contributed by atoms with van der Waals surface area (Å²) in [5.41, 5.74) is 2.13. The van der Waals surface area contributed by atoms with Crippen LogP contribution < -0.4 is 19.5 Å². The third kappa shape index (κ3) is 3.62. The maximum atomic E-state index is 13.1. The van der Waals surface area contributed by atoms with Crippen molar-refractivity contribution in [2.24, 2.45) is 5.92 Å². The van der Waals surface area contributed by atoms with Crippen LogP contribution in [0, 0.1) is 12.8 Å². The van der Waals surface area contributed by atoms with E-state index in [1.807, 2.05) is 25.1 Å². The molecule has 1 fully saturated rings. The number of rotatable bonds is 4. The molecule has 0 aliphatic carbocycles. The fourth-order valence-electron chi connectivity index (χ4n) is 4.24. The van der Waals surface area contributed by atoms with Crippen molar-refractivity contribution in [3.8, 4) is 17.2 Å². The number of anilines is 1. The molecule has 3 aromatic rings. The van der Waals surface area contributed by atoms with Crippen LogP contribution in [0.25, 0.3) is 11.0 Å². The molecule has 0 bridgehead atoms. The maximum Gasteiger partial charge on any atom is 0.289 e. The van der Waals surface area contributed by atoms with Crippen molar-refractivity contribution >= 4 is 28.5 Å². The molecule has 8 nitrogen and oxygen atoms in total. The monoisotopic (exact) mass is 436 g/mol. The molecule has 0 radical (unpaired) electrons. The quantitative estimate of drug-likeness (QED) is 0.666. The molecule has 1 aromatic heterocycles. The van der Waals surface area contributed by atoms with Crippen molar-refractivity contribution in [2.45, 2.75) is 19.8 Å². The lowest BCUT2D eigenvalue weighted by Crippen LogP contribution is -2.41. The van der Waals surface area contributed by atoms with Crippen LogP contribution in [0.3, 0.4) is 0 Å². The average Bonchev–Trinajstić information content (AvgIpc) is 3.42. The van der Waals surface area contributed by atoms with Crippen molar-refractivity contribution in [1.82, 2.24) is 4.90 Å². The predicted octanol–water partition coefficient (Wildman–Crippen LogP) is 3.97. The van der Waals surface area contributed by atoms with Crippen LogP contribution in [0.5, 0.6) is 17.2 Å². The van der Waals surface area contributed by atoms with E-state index >= 15 is 0 Å². The SMILES string of the molecule is COc1ccc2oc(C(=O)N3CCC(C(=O)Nc4ccc5c(c4)OCO5)CC3)c(C)c2c1. The molecule has 0 unspecified atom stereocenters. The first-order chi connectivity index (χ1) is 15.5. The number of benzene rings is 2. The van der Waals surface area contributed by atoms with Gasteiger partial charge in [-0.15, -0.1) is 0 Å². The van der Waals surface area contributed by atoms with Gasteiger partial charge < -0.3 is 28.8 Å². The minimum Gasteiger partial charge on any atom is -0.497 e. The van der Waals surface area contributed by atoms with Crippen molar-refractivity contribution in [3.63, 3.8) is 0 Å². The number of furan rings is 1. The third-order valence-corrected chi connectivity index (χ3v) is 6.13. The van der Waals surface area contributed by atoms with Crippen molar-refractivity contribution in [3.05, 3.63) is 47.7 Å². The number of piperidine rings is 1. The summed E-state index contributed by atoms with van der Waals surface area (Å²) in [6.07, 6.45) is 1.18. The number of fused-ring (bicyclic) bond motifs is 2. The van der Waals surface area contributed by atoms with Crippen LogP contribution in [0.2, 0.25) is 0 Å². The summed E-state index contributed by atoms with van der Waals surface area (Å²) in [4.78, 5) is 27.6. The fraction of sp³-hybridized carbons (Fsp3) is 0.333. The topological polar surface area (TPSA) is 90.2 Å². The van der Waals surface area contributed by atoms with Gasteiger partial charge in [-0.1, -0.05) is 0 Å². The van der Waals surface area contributed by atoms with E-state index in [1.165, 1.54) is 0 Å². The zero-order valence-corrected chi connectivity index (χ0v) is 18.0. The predicted molar refractivity (Wildman–Crippen MR) is 117 cm³/mol. The number of aryl methyl sites for hydroxylation is 1. The first kappa shape index (κ1) is 20.2. The van der Waals surface area contributed by atoms with Gasteiger partial charge in [0.2, 0.25) is 12.7 Å². The van der Waals surface area contributed by atoms with Gasteiger partial charge in [0.1, 0.15) is 11.3 Å². The summed E-state index contributed by atoms with van der Waals surface area (Å²) in [7, 11) is 1.61. The van der Waals surface area contributed by atoms with Gasteiger partial charge in [0, 0.05) is 41.7 Å². The van der Waals surface area contributed by atoms with Gasteiger partial charge in [-0.3, -0.25) is 9.59 Å². The zero-order valence-electron chi connectivity index (χ0n) is 18.0. The summed E-state index contributed by atoms with van der Waals surface area (Å²) in [6.45, 7) is 3.07. The standard InChI is InChI=1S/C24H24N2O6/c1-14-18-12-17(29-2)4-6-19(18)32-22(14)24(28)26-9-7-15(8-10-26)23(27)25-16-3-5-20-21(11-16)31-13-30-20/h3-6,11-12,15H,7-10,13H2,1-2H3,(H,25,27). The molecule has 166 valence electrons. The molecule has 0 saturated carbocycles. The molecular formula is C24H24N2O6. The highest BCUT2D eigenvalue weighted by Gasteiger charge is 2.30. The fourth-order valence-corrected chi connectivity index (χ4v) is 4.24. The minimum atomic E-state index is -0.162. The van der Waals surface area contributed by atoms with E-state index in [0.717, 1.165) is 16.7 Å². The molecule has 3 heterocycles. The minimum absolute atomic E-state index is 0.0528. The number of ether oxygens (including phenoxy) is 3. The van der Waals surface area contributed by atoms with Crippen molar-refractivity contribution < 1.29 is 28.2 Å². The summed E-state index contributed by atoms with van der Waals surface area (Å²) in [5.74, 6) is 2.00. The Hall–Kier alpha value is -3.68. The van der Waals surface area contributed by atoms with Gasteiger partial charge in [-0.25, -0.2) is 0 Å². The largest absolute Gasteiger partial charge is 0.497 e. The first-order valence-corrected chi connectivity index (χ1v) is 10.6. The Morgan fingerprint density at radius 2 is 1.84 bits per heavy atom. The molecule has 0 atom stereocenters. The summed E-state index contributed by atoms with van der Waals surface area (Å²) in [5, 5.41) is 3.81. The lowest BCUT2D eigenvalue weighted by atomic mass is 9.95. The lowest BCUT2D eigenvalue weighted by Gasteiger charge is -2.31. The van der Waals surface area contributed by atoms with E-state index in [2.05, 4.69) is 5.32 Å². The third-order valence-electron chi connectivity index (χ3n) is 6.13. The Labute approximate surface area is 185 Å². The molecule has 0 spiro atoms. The van der Waals surface area contributed by atoms with E-state index in [4.69, 9.17) is 18.6 Å². The number of hydrogen-bond acceptors (Lipinski definition) is 6. The highest BCUT2D eigenvalue weighted by molar-refractivity contribution is 5.99. The molecule has 1 saturated heterocycles. The second-order valence-electron chi connectivity index (χ2n) is 8.04. The average molecular weight is 436 g/mol. The Balaban J connectivity index is 1.22. The van der Waals surface area contributed by atoms with Gasteiger partial charge in [-0.05, 0) is 50.1 Å². The van der Waals surface area contributed by atoms with E-state index < -0.39 is 0 Å². The molecule has 2 aliphatic heterocycles. The van der Waals surface area contributed by atoms with Gasteiger partial charge in [-0.2, -0.15) is 0 Å². The van der Waals surface area contributed by atoms with E-state index in [0.29, 0.717) is 54.5 Å². The molecule has 2 aromatic carbocycles. The van der Waals surface area contributed by atoms with Crippen molar-refractivity contribution in [1.29, 1.82) is 0 Å². The Morgan fingerprint density at radius 1 is 1.06 bits per heavy atom. The molecular weight excluding hydrogens is 412 g/mol.